The number of ether oxygens (including phenoxy) is 1. The number of anilines is 1. The van der Waals surface area contributed by atoms with E-state index in [0.717, 1.165) is 18.5 Å². The molecule has 1 amide bonds. The van der Waals surface area contributed by atoms with E-state index >= 15 is 0 Å². The predicted octanol–water partition coefficient (Wildman–Crippen LogP) is 4.01. The molecule has 1 unspecified atom stereocenters. The van der Waals surface area contributed by atoms with Crippen molar-refractivity contribution in [3.05, 3.63) is 76.6 Å². The Morgan fingerprint density at radius 3 is 2.73 bits per heavy atom. The fourth-order valence-electron chi connectivity index (χ4n) is 4.26. The second-order valence-corrected chi connectivity index (χ2v) is 7.52. The Bertz CT molecular complexity index is 1080. The lowest BCUT2D eigenvalue weighted by Crippen LogP contribution is -2.35. The second-order valence-electron chi connectivity index (χ2n) is 7.52. The zero-order valence-corrected chi connectivity index (χ0v) is 17.0. The lowest BCUT2D eigenvalue weighted by Gasteiger charge is -2.34. The number of phenolic OH excluding ortho intramolecular Hbond substituents is 1. The number of carbonyl (C=O) groups excluding carboxylic acids is 2. The smallest absolute Gasteiger partial charge is 0.254 e. The molecule has 1 aliphatic carbocycles. The summed E-state index contributed by atoms with van der Waals surface area (Å²) in [6, 6.07) is 13.9. The van der Waals surface area contributed by atoms with Crippen molar-refractivity contribution < 1.29 is 19.4 Å². The third kappa shape index (κ3) is 3.56. The number of Topliss-reactive ketones (excluding diaryl/α,β-unsaturated/α-hetero) is 1. The van der Waals surface area contributed by atoms with Gasteiger partial charge >= 0.3 is 0 Å². The molecule has 0 fully saturated rings. The van der Waals surface area contributed by atoms with Gasteiger partial charge in [0.25, 0.3) is 5.91 Å². The van der Waals surface area contributed by atoms with Crippen molar-refractivity contribution in [2.45, 2.75) is 32.1 Å². The van der Waals surface area contributed by atoms with Gasteiger partial charge in [-0.15, -0.1) is 0 Å². The number of carbonyl (C=O) groups is 2. The largest absolute Gasteiger partial charge is 0.508 e. The SMILES string of the molecule is COc1ccccc1NC(=O)C1=C(C)NC2=C(C(=O)CCC2)C1c1cccc(O)c1. The van der Waals surface area contributed by atoms with Gasteiger partial charge in [0, 0.05) is 34.9 Å². The van der Waals surface area contributed by atoms with Gasteiger partial charge in [0.1, 0.15) is 11.5 Å². The van der Waals surface area contributed by atoms with E-state index in [4.69, 9.17) is 4.74 Å². The summed E-state index contributed by atoms with van der Waals surface area (Å²) in [5.74, 6) is -0.181. The zero-order valence-electron chi connectivity index (χ0n) is 17.0. The quantitative estimate of drug-likeness (QED) is 0.717. The van der Waals surface area contributed by atoms with Gasteiger partial charge in [0.05, 0.1) is 12.8 Å². The Morgan fingerprint density at radius 1 is 1.17 bits per heavy atom. The highest BCUT2D eigenvalue weighted by Crippen LogP contribution is 2.43. The molecule has 0 spiro atoms. The lowest BCUT2D eigenvalue weighted by molar-refractivity contribution is -0.116. The molecule has 4 rings (SSSR count). The van der Waals surface area contributed by atoms with Crippen LogP contribution in [0.3, 0.4) is 0 Å². The van der Waals surface area contributed by atoms with Crippen LogP contribution in [0.1, 0.15) is 37.7 Å². The molecule has 1 atom stereocenters. The van der Waals surface area contributed by atoms with Crippen LogP contribution in [-0.4, -0.2) is 23.9 Å². The Balaban J connectivity index is 1.80. The number of dihydropyridines is 1. The summed E-state index contributed by atoms with van der Waals surface area (Å²) in [6.07, 6.45) is 2.00. The van der Waals surface area contributed by atoms with Crippen molar-refractivity contribution in [3.8, 4) is 11.5 Å². The van der Waals surface area contributed by atoms with Crippen LogP contribution in [0.5, 0.6) is 11.5 Å². The summed E-state index contributed by atoms with van der Waals surface area (Å²) in [7, 11) is 1.55. The highest BCUT2D eigenvalue weighted by atomic mass is 16.5. The fourth-order valence-corrected chi connectivity index (χ4v) is 4.26. The van der Waals surface area contributed by atoms with Crippen LogP contribution in [0.25, 0.3) is 0 Å². The number of hydrogen-bond acceptors (Lipinski definition) is 5. The summed E-state index contributed by atoms with van der Waals surface area (Å²) in [5, 5.41) is 16.3. The van der Waals surface area contributed by atoms with Gasteiger partial charge in [-0.25, -0.2) is 0 Å². The van der Waals surface area contributed by atoms with Crippen LogP contribution in [0.4, 0.5) is 5.69 Å². The Hall–Kier alpha value is -3.54. The van der Waals surface area contributed by atoms with Crippen LogP contribution in [0, 0.1) is 0 Å². The summed E-state index contributed by atoms with van der Waals surface area (Å²) < 4.78 is 5.35. The molecule has 1 aliphatic heterocycles. The van der Waals surface area contributed by atoms with Crippen molar-refractivity contribution in [1.29, 1.82) is 0 Å². The molecule has 0 bridgehead atoms. The van der Waals surface area contributed by atoms with Crippen molar-refractivity contribution in [3.63, 3.8) is 0 Å². The topological polar surface area (TPSA) is 87.7 Å². The summed E-state index contributed by atoms with van der Waals surface area (Å²) in [6.45, 7) is 1.84. The lowest BCUT2D eigenvalue weighted by atomic mass is 9.75. The number of methoxy groups -OCH3 is 1. The first kappa shape index (κ1) is 19.8. The molecule has 2 aromatic rings. The first-order chi connectivity index (χ1) is 14.5. The molecule has 0 radical (unpaired) electrons. The van der Waals surface area contributed by atoms with E-state index in [1.807, 2.05) is 25.1 Å². The minimum atomic E-state index is -0.546. The number of aromatic hydroxyl groups is 1. The monoisotopic (exact) mass is 404 g/mol. The first-order valence-electron chi connectivity index (χ1n) is 9.97. The molecular weight excluding hydrogens is 380 g/mol. The van der Waals surface area contributed by atoms with Crippen LogP contribution < -0.4 is 15.4 Å². The van der Waals surface area contributed by atoms with Gasteiger partial charge in [-0.1, -0.05) is 24.3 Å². The van der Waals surface area contributed by atoms with Crippen LogP contribution in [0.15, 0.2) is 71.1 Å². The van der Waals surface area contributed by atoms with Crippen molar-refractivity contribution in [2.24, 2.45) is 0 Å². The molecule has 1 heterocycles. The van der Waals surface area contributed by atoms with E-state index in [0.29, 0.717) is 40.3 Å². The molecule has 0 saturated heterocycles. The first-order valence-corrected chi connectivity index (χ1v) is 9.97. The van der Waals surface area contributed by atoms with E-state index < -0.39 is 5.92 Å². The summed E-state index contributed by atoms with van der Waals surface area (Å²) >= 11 is 0. The average Bonchev–Trinajstić information content (AvgIpc) is 2.73. The summed E-state index contributed by atoms with van der Waals surface area (Å²) in [5.41, 5.74) is 3.90. The van der Waals surface area contributed by atoms with Gasteiger partial charge in [0.15, 0.2) is 5.78 Å². The normalized spacial score (nSPS) is 18.6. The van der Waals surface area contributed by atoms with Gasteiger partial charge < -0.3 is 20.5 Å². The van der Waals surface area contributed by atoms with Gasteiger partial charge in [-0.2, -0.15) is 0 Å². The standard InChI is InChI=1S/C24H24N2O4/c1-14-21(24(29)26-17-9-3-4-12-20(17)30-2)22(15-7-5-8-16(27)13-15)23-18(25-14)10-6-11-19(23)28/h3-5,7-9,12-13,22,25,27H,6,10-11H2,1-2H3,(H,26,29). The maximum Gasteiger partial charge on any atom is 0.254 e. The van der Waals surface area contributed by atoms with Gasteiger partial charge in [0.2, 0.25) is 0 Å². The molecule has 0 aromatic heterocycles. The van der Waals surface area contributed by atoms with Crippen LogP contribution in [-0.2, 0) is 9.59 Å². The van der Waals surface area contributed by atoms with Gasteiger partial charge in [-0.3, -0.25) is 9.59 Å². The molecule has 2 aliphatic rings. The molecule has 2 aromatic carbocycles. The third-order valence-electron chi connectivity index (χ3n) is 5.58. The number of rotatable bonds is 4. The highest BCUT2D eigenvalue weighted by molar-refractivity contribution is 6.10. The van der Waals surface area contributed by atoms with E-state index in [9.17, 15) is 14.7 Å². The number of hydrogen-bond donors (Lipinski definition) is 3. The number of benzene rings is 2. The van der Waals surface area contributed by atoms with Crippen LogP contribution >= 0.6 is 0 Å². The Morgan fingerprint density at radius 2 is 1.97 bits per heavy atom. The maximum atomic E-state index is 13.4. The molecule has 3 N–H and O–H groups in total. The molecule has 6 nitrogen and oxygen atoms in total. The van der Waals surface area contributed by atoms with Crippen molar-refractivity contribution in [1.82, 2.24) is 5.32 Å². The number of nitrogens with one attached hydrogen (secondary N) is 2. The number of para-hydroxylation sites is 2. The number of amides is 1. The maximum absolute atomic E-state index is 13.4. The van der Waals surface area contributed by atoms with E-state index in [-0.39, 0.29) is 17.4 Å². The Kier molecular flexibility index (Phi) is 5.31. The molecule has 0 saturated carbocycles. The number of allylic oxidation sites excluding steroid dienone is 3. The van der Waals surface area contributed by atoms with Crippen LogP contribution in [0.2, 0.25) is 0 Å². The average molecular weight is 404 g/mol. The van der Waals surface area contributed by atoms with Gasteiger partial charge in [-0.05, 0) is 49.6 Å². The Labute approximate surface area is 175 Å². The summed E-state index contributed by atoms with van der Waals surface area (Å²) in [4.78, 5) is 26.3. The minimum absolute atomic E-state index is 0.0344. The molecule has 30 heavy (non-hydrogen) atoms. The zero-order chi connectivity index (χ0) is 21.3. The highest BCUT2D eigenvalue weighted by Gasteiger charge is 2.38. The number of phenols is 1. The second kappa shape index (κ2) is 8.06. The van der Waals surface area contributed by atoms with Crippen molar-refractivity contribution >= 4 is 17.4 Å². The molecule has 154 valence electrons. The van der Waals surface area contributed by atoms with Crippen molar-refractivity contribution in [2.75, 3.05) is 12.4 Å². The molecule has 6 heteroatoms. The number of ketones is 1. The fraction of sp³-hybridized carbons (Fsp3) is 0.250. The minimum Gasteiger partial charge on any atom is -0.508 e. The van der Waals surface area contributed by atoms with E-state index in [1.165, 1.54) is 0 Å². The van der Waals surface area contributed by atoms with E-state index in [2.05, 4.69) is 10.6 Å². The molecular formula is C24H24N2O4. The predicted molar refractivity (Wildman–Crippen MR) is 114 cm³/mol. The third-order valence-corrected chi connectivity index (χ3v) is 5.58. The van der Waals surface area contributed by atoms with E-state index in [1.54, 1.807) is 37.4 Å².